The fraction of sp³-hybridized carbons (Fsp3) is 0.875. The number of methoxy groups -OCH3 is 1. The van der Waals surface area contributed by atoms with Crippen molar-refractivity contribution in [2.45, 2.75) is 19.3 Å². The Morgan fingerprint density at radius 3 is 2.77 bits per heavy atom. The Bertz CT molecular complexity index is 191. The van der Waals surface area contributed by atoms with Gasteiger partial charge in [-0.15, -0.1) is 0 Å². The summed E-state index contributed by atoms with van der Waals surface area (Å²) in [6.45, 7) is 0.895. The minimum absolute atomic E-state index is 0.296. The number of rotatable bonds is 3. The van der Waals surface area contributed by atoms with E-state index in [1.54, 1.807) is 0 Å². The van der Waals surface area contributed by atoms with Gasteiger partial charge in [0, 0.05) is 13.0 Å². The van der Waals surface area contributed by atoms with Crippen LogP contribution in [0.15, 0.2) is 0 Å². The van der Waals surface area contributed by atoms with Crippen LogP contribution < -0.4 is 5.32 Å². The molecule has 3 nitrogen and oxygen atoms in total. The van der Waals surface area contributed by atoms with E-state index in [0.717, 1.165) is 0 Å². The van der Waals surface area contributed by atoms with Gasteiger partial charge in [-0.3, -0.25) is 4.79 Å². The lowest BCUT2D eigenvalue weighted by Gasteiger charge is -2.24. The van der Waals surface area contributed by atoms with Gasteiger partial charge in [-0.05, 0) is 13.0 Å². The highest BCUT2D eigenvalue weighted by Crippen LogP contribution is 2.33. The fourth-order valence-electron chi connectivity index (χ4n) is 1.69. The van der Waals surface area contributed by atoms with Crippen molar-refractivity contribution in [1.82, 2.24) is 5.32 Å². The van der Waals surface area contributed by atoms with Crippen LogP contribution >= 0.6 is 0 Å². The van der Waals surface area contributed by atoms with Crippen LogP contribution in [0.3, 0.4) is 0 Å². The van der Waals surface area contributed by atoms with Crippen molar-refractivity contribution >= 4 is 5.97 Å². The molecule has 0 spiro atoms. The molecule has 1 saturated heterocycles. The van der Waals surface area contributed by atoms with E-state index in [9.17, 15) is 13.6 Å². The van der Waals surface area contributed by atoms with Gasteiger partial charge in [0.05, 0.1) is 12.5 Å². The van der Waals surface area contributed by atoms with Crippen LogP contribution in [0, 0.1) is 5.41 Å². The number of carbonyl (C=O) groups is 1. The Hall–Kier alpha value is -0.710. The minimum Gasteiger partial charge on any atom is -0.469 e. The Morgan fingerprint density at radius 2 is 2.38 bits per heavy atom. The third-order valence-corrected chi connectivity index (χ3v) is 2.41. The van der Waals surface area contributed by atoms with E-state index in [1.807, 2.05) is 0 Å². The molecule has 0 bridgehead atoms. The lowest BCUT2D eigenvalue weighted by atomic mass is 9.84. The van der Waals surface area contributed by atoms with Gasteiger partial charge in [-0.25, -0.2) is 8.78 Å². The van der Waals surface area contributed by atoms with Crippen LogP contribution in [0.25, 0.3) is 0 Å². The first-order valence-corrected chi connectivity index (χ1v) is 4.18. The van der Waals surface area contributed by atoms with Crippen molar-refractivity contribution in [3.63, 3.8) is 0 Å². The molecule has 0 saturated carbocycles. The molecule has 1 fully saturated rings. The van der Waals surface area contributed by atoms with E-state index in [4.69, 9.17) is 0 Å². The zero-order valence-corrected chi connectivity index (χ0v) is 7.48. The molecule has 0 aromatic carbocycles. The molecule has 5 heteroatoms. The van der Waals surface area contributed by atoms with Crippen LogP contribution in [-0.2, 0) is 9.53 Å². The summed E-state index contributed by atoms with van der Waals surface area (Å²) in [6.07, 6.45) is -2.43. The molecule has 1 aliphatic rings. The zero-order valence-electron chi connectivity index (χ0n) is 7.48. The van der Waals surface area contributed by atoms with Crippen LogP contribution in [0.2, 0.25) is 0 Å². The summed E-state index contributed by atoms with van der Waals surface area (Å²) in [5, 5.41) is 2.90. The highest BCUT2D eigenvalue weighted by Gasteiger charge is 2.44. The summed E-state index contributed by atoms with van der Waals surface area (Å²) < 4.78 is 28.9. The molecule has 1 atom stereocenters. The predicted octanol–water partition coefficient (Wildman–Crippen LogP) is 0.794. The quantitative estimate of drug-likeness (QED) is 0.673. The van der Waals surface area contributed by atoms with E-state index in [-0.39, 0.29) is 0 Å². The first-order chi connectivity index (χ1) is 6.10. The average Bonchev–Trinajstić information content (AvgIpc) is 2.51. The number of halogens is 2. The SMILES string of the molecule is COC(=O)C1(CC(F)F)CCNC1. The molecule has 1 unspecified atom stereocenters. The first-order valence-electron chi connectivity index (χ1n) is 4.18. The predicted molar refractivity (Wildman–Crippen MR) is 42.6 cm³/mol. The normalized spacial score (nSPS) is 28.0. The molecular weight excluding hydrogens is 180 g/mol. The summed E-state index contributed by atoms with van der Waals surface area (Å²) >= 11 is 0. The van der Waals surface area contributed by atoms with Crippen LogP contribution in [0.1, 0.15) is 12.8 Å². The van der Waals surface area contributed by atoms with Gasteiger partial charge in [-0.1, -0.05) is 0 Å². The molecule has 1 aliphatic heterocycles. The molecule has 0 aliphatic carbocycles. The summed E-state index contributed by atoms with van der Waals surface area (Å²) in [5.74, 6) is -0.530. The van der Waals surface area contributed by atoms with Crippen molar-refractivity contribution < 1.29 is 18.3 Å². The molecule has 0 radical (unpaired) electrons. The molecule has 13 heavy (non-hydrogen) atoms. The lowest BCUT2D eigenvalue weighted by Crippen LogP contribution is -2.36. The van der Waals surface area contributed by atoms with Crippen LogP contribution in [0.5, 0.6) is 0 Å². The summed E-state index contributed by atoms with van der Waals surface area (Å²) in [4.78, 5) is 11.3. The molecule has 76 valence electrons. The van der Waals surface area contributed by atoms with Gasteiger partial charge in [0.15, 0.2) is 0 Å². The third-order valence-electron chi connectivity index (χ3n) is 2.41. The number of hydrogen-bond donors (Lipinski definition) is 1. The smallest absolute Gasteiger partial charge is 0.313 e. The topological polar surface area (TPSA) is 38.3 Å². The number of carbonyl (C=O) groups excluding carboxylic acids is 1. The van der Waals surface area contributed by atoms with Crippen molar-refractivity contribution in [1.29, 1.82) is 0 Å². The van der Waals surface area contributed by atoms with Crippen LogP contribution in [0.4, 0.5) is 8.78 Å². The minimum atomic E-state index is -2.46. The van der Waals surface area contributed by atoms with E-state index < -0.39 is 24.2 Å². The van der Waals surface area contributed by atoms with Gasteiger partial charge >= 0.3 is 5.97 Å². The van der Waals surface area contributed by atoms with Gasteiger partial charge in [0.2, 0.25) is 6.43 Å². The summed E-state index contributed by atoms with van der Waals surface area (Å²) in [5.41, 5.74) is -0.997. The number of alkyl halides is 2. The van der Waals surface area contributed by atoms with Crippen LogP contribution in [-0.4, -0.2) is 32.6 Å². The molecule has 0 aromatic heterocycles. The average molecular weight is 193 g/mol. The molecular formula is C8H13F2NO2. The standard InChI is InChI=1S/C8H13F2NO2/c1-13-7(12)8(4-6(9)10)2-3-11-5-8/h6,11H,2-5H2,1H3. The highest BCUT2D eigenvalue weighted by molar-refractivity contribution is 5.77. The van der Waals surface area contributed by atoms with E-state index in [2.05, 4.69) is 10.1 Å². The Morgan fingerprint density at radius 1 is 1.69 bits per heavy atom. The monoisotopic (exact) mass is 193 g/mol. The maximum Gasteiger partial charge on any atom is 0.313 e. The Kier molecular flexibility index (Phi) is 3.19. The molecule has 1 heterocycles. The fourth-order valence-corrected chi connectivity index (χ4v) is 1.69. The Labute approximate surface area is 75.4 Å². The number of esters is 1. The second kappa shape index (κ2) is 4.00. The van der Waals surface area contributed by atoms with Gasteiger partial charge in [-0.2, -0.15) is 0 Å². The molecule has 1 N–H and O–H groups in total. The van der Waals surface area contributed by atoms with Gasteiger partial charge in [0.25, 0.3) is 0 Å². The number of nitrogens with one attached hydrogen (secondary N) is 1. The molecule has 0 amide bonds. The largest absolute Gasteiger partial charge is 0.469 e. The van der Waals surface area contributed by atoms with E-state index in [0.29, 0.717) is 19.5 Å². The van der Waals surface area contributed by atoms with E-state index in [1.165, 1.54) is 7.11 Å². The lowest BCUT2D eigenvalue weighted by molar-refractivity contribution is -0.154. The second-order valence-electron chi connectivity index (χ2n) is 3.29. The van der Waals surface area contributed by atoms with Crippen molar-refractivity contribution in [3.05, 3.63) is 0 Å². The van der Waals surface area contributed by atoms with Crippen molar-refractivity contribution in [2.24, 2.45) is 5.41 Å². The third kappa shape index (κ3) is 2.15. The summed E-state index contributed by atoms with van der Waals surface area (Å²) in [6, 6.07) is 0. The maximum atomic E-state index is 12.2. The first kappa shape index (κ1) is 10.4. The van der Waals surface area contributed by atoms with Crippen molar-refractivity contribution in [2.75, 3.05) is 20.2 Å². The second-order valence-corrected chi connectivity index (χ2v) is 3.29. The number of ether oxygens (including phenoxy) is 1. The molecule has 1 rings (SSSR count). The number of hydrogen-bond acceptors (Lipinski definition) is 3. The zero-order chi connectivity index (χ0) is 9.90. The maximum absolute atomic E-state index is 12.2. The van der Waals surface area contributed by atoms with E-state index >= 15 is 0 Å². The van der Waals surface area contributed by atoms with Gasteiger partial charge < -0.3 is 10.1 Å². The van der Waals surface area contributed by atoms with Crippen molar-refractivity contribution in [3.8, 4) is 0 Å². The van der Waals surface area contributed by atoms with Gasteiger partial charge in [0.1, 0.15) is 0 Å². The summed E-state index contributed by atoms with van der Waals surface area (Å²) in [7, 11) is 1.23. The highest BCUT2D eigenvalue weighted by atomic mass is 19.3. The molecule has 0 aromatic rings. The Balaban J connectivity index is 2.68.